The van der Waals surface area contributed by atoms with E-state index in [4.69, 9.17) is 4.74 Å². The highest BCUT2D eigenvalue weighted by Crippen LogP contribution is 2.21. The lowest BCUT2D eigenvalue weighted by atomic mass is 9.95. The van der Waals surface area contributed by atoms with Crippen LogP contribution in [0.15, 0.2) is 0 Å². The van der Waals surface area contributed by atoms with Gasteiger partial charge in [-0.1, -0.05) is 20.8 Å². The summed E-state index contributed by atoms with van der Waals surface area (Å²) in [5, 5.41) is 3.71. The minimum absolute atomic E-state index is 0.652. The predicted octanol–water partition coefficient (Wildman–Crippen LogP) is 3.17. The summed E-state index contributed by atoms with van der Waals surface area (Å²) in [6.07, 6.45) is 3.80. The van der Waals surface area contributed by atoms with Crippen molar-refractivity contribution in [1.29, 1.82) is 0 Å². The van der Waals surface area contributed by atoms with Crippen LogP contribution in [0, 0.1) is 11.8 Å². The lowest BCUT2D eigenvalue weighted by Crippen LogP contribution is -2.42. The van der Waals surface area contributed by atoms with Gasteiger partial charge >= 0.3 is 0 Å². The molecule has 0 aromatic carbocycles. The van der Waals surface area contributed by atoms with Crippen molar-refractivity contribution in [3.8, 4) is 0 Å². The van der Waals surface area contributed by atoms with E-state index < -0.39 is 0 Å². The second-order valence-electron chi connectivity index (χ2n) is 5.47. The molecule has 0 aromatic rings. The van der Waals surface area contributed by atoms with Gasteiger partial charge in [0.25, 0.3) is 0 Å². The topological polar surface area (TPSA) is 21.3 Å². The van der Waals surface area contributed by atoms with E-state index in [2.05, 4.69) is 37.8 Å². The molecule has 0 aliphatic carbocycles. The van der Waals surface area contributed by atoms with Gasteiger partial charge in [0, 0.05) is 18.4 Å². The minimum atomic E-state index is 0.652. The van der Waals surface area contributed by atoms with Crippen LogP contribution in [0.2, 0.25) is 0 Å². The highest BCUT2D eigenvalue weighted by atomic mass is 32.2. The quantitative estimate of drug-likeness (QED) is 0.723. The van der Waals surface area contributed by atoms with Gasteiger partial charge in [-0.2, -0.15) is 11.8 Å². The third-order valence-electron chi connectivity index (χ3n) is 3.17. The van der Waals surface area contributed by atoms with E-state index in [1.54, 1.807) is 0 Å². The largest absolute Gasteiger partial charge is 0.381 e. The van der Waals surface area contributed by atoms with E-state index >= 15 is 0 Å². The van der Waals surface area contributed by atoms with E-state index in [0.29, 0.717) is 6.04 Å². The van der Waals surface area contributed by atoms with Crippen LogP contribution in [0.25, 0.3) is 0 Å². The molecule has 0 spiro atoms. The monoisotopic (exact) mass is 259 g/mol. The Morgan fingerprint density at radius 1 is 1.35 bits per heavy atom. The number of ether oxygens (including phenoxy) is 1. The van der Waals surface area contributed by atoms with Crippen LogP contribution in [0.1, 0.15) is 40.0 Å². The third-order valence-corrected chi connectivity index (χ3v) is 4.67. The fourth-order valence-electron chi connectivity index (χ4n) is 2.21. The molecule has 1 rings (SSSR count). The summed E-state index contributed by atoms with van der Waals surface area (Å²) in [7, 11) is 0. The normalized spacial score (nSPS) is 22.9. The molecule has 0 saturated carbocycles. The maximum atomic E-state index is 5.62. The summed E-state index contributed by atoms with van der Waals surface area (Å²) in [6.45, 7) is 9.91. The van der Waals surface area contributed by atoms with Crippen molar-refractivity contribution in [3.63, 3.8) is 0 Å². The van der Waals surface area contributed by atoms with Gasteiger partial charge in [0.1, 0.15) is 0 Å². The Hall–Kier alpha value is 0.270. The fourth-order valence-corrected chi connectivity index (χ4v) is 3.46. The van der Waals surface area contributed by atoms with Crippen LogP contribution in [0.3, 0.4) is 0 Å². The minimum Gasteiger partial charge on any atom is -0.381 e. The zero-order valence-corrected chi connectivity index (χ0v) is 12.5. The van der Waals surface area contributed by atoms with Gasteiger partial charge in [-0.3, -0.25) is 0 Å². The first kappa shape index (κ1) is 15.3. The van der Waals surface area contributed by atoms with Crippen molar-refractivity contribution < 1.29 is 4.74 Å². The Kier molecular flexibility index (Phi) is 8.33. The Bertz CT molecular complexity index is 181. The van der Waals surface area contributed by atoms with Crippen LogP contribution < -0.4 is 5.32 Å². The Morgan fingerprint density at radius 3 is 2.76 bits per heavy atom. The molecule has 1 saturated heterocycles. The third kappa shape index (κ3) is 6.68. The van der Waals surface area contributed by atoms with Gasteiger partial charge in [-0.05, 0) is 43.4 Å². The Labute approximate surface area is 111 Å². The average molecular weight is 259 g/mol. The van der Waals surface area contributed by atoms with Gasteiger partial charge in [0.05, 0.1) is 6.61 Å². The van der Waals surface area contributed by atoms with Crippen LogP contribution in [-0.4, -0.2) is 37.3 Å². The number of hydrogen-bond acceptors (Lipinski definition) is 3. The molecule has 1 aliphatic heterocycles. The van der Waals surface area contributed by atoms with Crippen LogP contribution in [-0.2, 0) is 4.74 Å². The highest BCUT2D eigenvalue weighted by Gasteiger charge is 2.23. The first-order valence-electron chi connectivity index (χ1n) is 7.13. The molecule has 0 bridgehead atoms. The van der Waals surface area contributed by atoms with E-state index in [0.717, 1.165) is 31.6 Å². The molecule has 1 heterocycles. The maximum absolute atomic E-state index is 5.62. The number of rotatable bonds is 8. The van der Waals surface area contributed by atoms with Gasteiger partial charge in [-0.15, -0.1) is 0 Å². The summed E-state index contributed by atoms with van der Waals surface area (Å²) in [5.74, 6) is 4.05. The van der Waals surface area contributed by atoms with Gasteiger partial charge in [0.15, 0.2) is 0 Å². The molecule has 17 heavy (non-hydrogen) atoms. The molecule has 2 nitrogen and oxygen atoms in total. The molecular weight excluding hydrogens is 230 g/mol. The van der Waals surface area contributed by atoms with Crippen molar-refractivity contribution in [2.45, 2.75) is 46.1 Å². The zero-order chi connectivity index (χ0) is 12.5. The van der Waals surface area contributed by atoms with Crippen LogP contribution in [0.4, 0.5) is 0 Å². The summed E-state index contributed by atoms with van der Waals surface area (Å²) < 4.78 is 5.62. The van der Waals surface area contributed by atoms with E-state index in [9.17, 15) is 0 Å². The smallest absolute Gasteiger partial charge is 0.0509 e. The molecule has 0 aromatic heterocycles. The number of nitrogens with one attached hydrogen (secondary N) is 1. The molecule has 0 amide bonds. The van der Waals surface area contributed by atoms with Crippen LogP contribution in [0.5, 0.6) is 0 Å². The number of thioether (sulfide) groups is 1. The van der Waals surface area contributed by atoms with Crippen molar-refractivity contribution in [3.05, 3.63) is 0 Å². The molecule has 0 radical (unpaired) electrons. The fraction of sp³-hybridized carbons (Fsp3) is 1.00. The maximum Gasteiger partial charge on any atom is 0.0509 e. The Balaban J connectivity index is 2.30. The molecule has 2 atom stereocenters. The average Bonchev–Trinajstić information content (AvgIpc) is 2.34. The Morgan fingerprint density at radius 2 is 2.18 bits per heavy atom. The first-order chi connectivity index (χ1) is 8.24. The van der Waals surface area contributed by atoms with Crippen molar-refractivity contribution in [1.82, 2.24) is 5.32 Å². The summed E-state index contributed by atoms with van der Waals surface area (Å²) in [5.41, 5.74) is 0. The molecule has 1 fully saturated rings. The van der Waals surface area contributed by atoms with Crippen molar-refractivity contribution >= 4 is 11.8 Å². The second kappa shape index (κ2) is 9.23. The molecular formula is C14H29NOS. The summed E-state index contributed by atoms with van der Waals surface area (Å²) >= 11 is 2.10. The van der Waals surface area contributed by atoms with Gasteiger partial charge in [-0.25, -0.2) is 0 Å². The zero-order valence-electron chi connectivity index (χ0n) is 11.7. The predicted molar refractivity (Wildman–Crippen MR) is 77.8 cm³/mol. The van der Waals surface area contributed by atoms with Gasteiger partial charge < -0.3 is 10.1 Å². The molecule has 3 heteroatoms. The first-order valence-corrected chi connectivity index (χ1v) is 8.28. The lowest BCUT2D eigenvalue weighted by molar-refractivity contribution is 0.0427. The molecule has 2 unspecified atom stereocenters. The van der Waals surface area contributed by atoms with Gasteiger partial charge in [0.2, 0.25) is 0 Å². The van der Waals surface area contributed by atoms with E-state index in [1.807, 2.05) is 0 Å². The lowest BCUT2D eigenvalue weighted by Gasteiger charge is -2.31. The summed E-state index contributed by atoms with van der Waals surface area (Å²) in [4.78, 5) is 0. The van der Waals surface area contributed by atoms with Crippen molar-refractivity contribution in [2.24, 2.45) is 11.8 Å². The molecule has 1 aliphatic rings. The SMILES string of the molecule is CCCNC(CSCC(C)C)C1CCCOC1. The van der Waals surface area contributed by atoms with Crippen molar-refractivity contribution in [2.75, 3.05) is 31.3 Å². The molecule has 1 N–H and O–H groups in total. The highest BCUT2D eigenvalue weighted by molar-refractivity contribution is 7.99. The molecule has 102 valence electrons. The second-order valence-corrected chi connectivity index (χ2v) is 6.54. The summed E-state index contributed by atoms with van der Waals surface area (Å²) in [6, 6.07) is 0.652. The number of hydrogen-bond donors (Lipinski definition) is 1. The standard InChI is InChI=1S/C14H29NOS/c1-4-7-15-14(11-17-10-12(2)3)13-6-5-8-16-9-13/h12-15H,4-11H2,1-3H3. The van der Waals surface area contributed by atoms with E-state index in [-0.39, 0.29) is 0 Å². The van der Waals surface area contributed by atoms with Crippen LogP contribution >= 0.6 is 11.8 Å². The van der Waals surface area contributed by atoms with E-state index in [1.165, 1.54) is 30.8 Å².